The molecule has 0 spiro atoms. The summed E-state index contributed by atoms with van der Waals surface area (Å²) in [5.74, 6) is 0.799. The molecule has 0 N–H and O–H groups in total. The molecule has 0 atom stereocenters. The number of ether oxygens (including phenoxy) is 1. The van der Waals surface area contributed by atoms with Crippen molar-refractivity contribution in [2.45, 2.75) is 33.4 Å². The smallest absolute Gasteiger partial charge is 0.161 e. The number of hydrogen-bond acceptors (Lipinski definition) is 8. The zero-order valence-corrected chi connectivity index (χ0v) is 17.7. The molecule has 0 fully saturated rings. The van der Waals surface area contributed by atoms with E-state index in [1.807, 2.05) is 49.6 Å². The highest BCUT2D eigenvalue weighted by Gasteiger charge is 2.14. The Balaban J connectivity index is 1.32. The molecule has 29 heavy (non-hydrogen) atoms. The van der Waals surface area contributed by atoms with Crippen molar-refractivity contribution in [2.75, 3.05) is 0 Å². The highest BCUT2D eigenvalue weighted by Crippen LogP contribution is 2.30. The summed E-state index contributed by atoms with van der Waals surface area (Å²) in [6.45, 7) is 4.43. The zero-order chi connectivity index (χ0) is 20.2. The van der Waals surface area contributed by atoms with Gasteiger partial charge in [0.1, 0.15) is 29.6 Å². The van der Waals surface area contributed by atoms with Gasteiger partial charge in [-0.05, 0) is 26.0 Å². The van der Waals surface area contributed by atoms with Crippen LogP contribution in [0.5, 0.6) is 5.75 Å². The van der Waals surface area contributed by atoms with Crippen LogP contribution in [0.1, 0.15) is 21.4 Å². The molecule has 0 bridgehead atoms. The number of aryl methyl sites for hydroxylation is 2. The van der Waals surface area contributed by atoms with Gasteiger partial charge in [0.25, 0.3) is 0 Å². The Kier molecular flexibility index (Phi) is 5.77. The Labute approximate surface area is 176 Å². The van der Waals surface area contributed by atoms with E-state index in [1.165, 1.54) is 16.0 Å². The number of para-hydroxylation sites is 1. The van der Waals surface area contributed by atoms with E-state index in [2.05, 4.69) is 20.3 Å². The van der Waals surface area contributed by atoms with E-state index in [-0.39, 0.29) is 18.7 Å². The fourth-order valence-corrected chi connectivity index (χ4v) is 4.60. The van der Waals surface area contributed by atoms with Crippen LogP contribution in [0.3, 0.4) is 0 Å². The molecule has 0 saturated heterocycles. The lowest BCUT2D eigenvalue weighted by molar-refractivity contribution is -0.119. The number of ketones is 1. The van der Waals surface area contributed by atoms with Gasteiger partial charge in [-0.3, -0.25) is 4.79 Å². The fourth-order valence-electron chi connectivity index (χ4n) is 2.83. The first-order valence-electron chi connectivity index (χ1n) is 9.04. The van der Waals surface area contributed by atoms with Crippen molar-refractivity contribution in [3.63, 3.8) is 0 Å². The molecule has 1 aromatic carbocycles. The molecule has 3 aromatic heterocycles. The number of nitrogens with zero attached hydrogens (tertiary/aromatic N) is 5. The minimum atomic E-state index is 0.0311. The van der Waals surface area contributed by atoms with E-state index in [4.69, 9.17) is 4.74 Å². The lowest BCUT2D eigenvalue weighted by atomic mass is 10.3. The normalized spacial score (nSPS) is 11.0. The molecule has 0 saturated carbocycles. The summed E-state index contributed by atoms with van der Waals surface area (Å²) in [7, 11) is 0. The van der Waals surface area contributed by atoms with Gasteiger partial charge in [-0.2, -0.15) is 0 Å². The van der Waals surface area contributed by atoms with Gasteiger partial charge in [-0.15, -0.1) is 27.8 Å². The molecular formula is C20H19N5O2S2. The quantitative estimate of drug-likeness (QED) is 0.426. The van der Waals surface area contributed by atoms with Crippen molar-refractivity contribution in [3.8, 4) is 16.3 Å². The minimum Gasteiger partial charge on any atom is -0.487 e. The zero-order valence-electron chi connectivity index (χ0n) is 16.0. The van der Waals surface area contributed by atoms with Crippen LogP contribution in [-0.4, -0.2) is 30.7 Å². The van der Waals surface area contributed by atoms with Crippen LogP contribution in [0.15, 0.2) is 41.9 Å². The monoisotopic (exact) mass is 425 g/mol. The topological polar surface area (TPSA) is 82.8 Å². The second-order valence-corrected chi connectivity index (χ2v) is 8.64. The largest absolute Gasteiger partial charge is 0.487 e. The molecule has 0 aliphatic carbocycles. The molecule has 0 radical (unpaired) electrons. The van der Waals surface area contributed by atoms with Gasteiger partial charge in [0.05, 0.1) is 33.9 Å². The number of benzene rings is 1. The van der Waals surface area contributed by atoms with E-state index < -0.39 is 0 Å². The first-order chi connectivity index (χ1) is 14.1. The Morgan fingerprint density at radius 3 is 2.76 bits per heavy atom. The Morgan fingerprint density at radius 1 is 1.17 bits per heavy atom. The second-order valence-electron chi connectivity index (χ2n) is 6.50. The van der Waals surface area contributed by atoms with Crippen LogP contribution in [0.25, 0.3) is 10.6 Å². The Hall–Kier alpha value is -2.91. The van der Waals surface area contributed by atoms with Crippen molar-refractivity contribution >= 4 is 28.5 Å². The number of carbonyl (C=O) groups excluding carboxylic acids is 1. The van der Waals surface area contributed by atoms with Gasteiger partial charge in [0, 0.05) is 5.38 Å². The number of thiazole rings is 2. The predicted molar refractivity (Wildman–Crippen MR) is 112 cm³/mol. The standard InChI is InChI=1S/C20H19N5O2S2/c1-13-20(29-14(2)21-13)18-12-28-19(22-18)8-16(26)10-25-9-15(23-24-25)11-27-17-6-4-3-5-7-17/h3-7,9,12H,8,10-11H2,1-2H3. The molecule has 148 valence electrons. The molecule has 7 nitrogen and oxygen atoms in total. The third-order valence-electron chi connectivity index (χ3n) is 4.09. The number of rotatable bonds is 8. The average molecular weight is 426 g/mol. The molecule has 3 heterocycles. The first-order valence-corrected chi connectivity index (χ1v) is 10.7. The number of carbonyl (C=O) groups is 1. The molecule has 4 rings (SSSR count). The Bertz CT molecular complexity index is 1120. The highest BCUT2D eigenvalue weighted by molar-refractivity contribution is 7.16. The van der Waals surface area contributed by atoms with Crippen LogP contribution < -0.4 is 4.74 Å². The van der Waals surface area contributed by atoms with Crippen LogP contribution in [0, 0.1) is 13.8 Å². The van der Waals surface area contributed by atoms with Crippen molar-refractivity contribution < 1.29 is 9.53 Å². The number of aromatic nitrogens is 5. The molecule has 0 aliphatic rings. The van der Waals surface area contributed by atoms with Crippen molar-refractivity contribution in [1.82, 2.24) is 25.0 Å². The maximum Gasteiger partial charge on any atom is 0.161 e. The van der Waals surface area contributed by atoms with Crippen LogP contribution in [0.2, 0.25) is 0 Å². The molecule has 4 aromatic rings. The van der Waals surface area contributed by atoms with Gasteiger partial charge in [0.15, 0.2) is 5.78 Å². The third kappa shape index (κ3) is 4.93. The lowest BCUT2D eigenvalue weighted by Gasteiger charge is -2.02. The van der Waals surface area contributed by atoms with E-state index in [1.54, 1.807) is 17.5 Å². The summed E-state index contributed by atoms with van der Waals surface area (Å²) in [5.41, 5.74) is 2.54. The first kappa shape index (κ1) is 19.4. The van der Waals surface area contributed by atoms with Crippen LogP contribution >= 0.6 is 22.7 Å². The molecular weight excluding hydrogens is 406 g/mol. The second kappa shape index (κ2) is 8.62. The summed E-state index contributed by atoms with van der Waals surface area (Å²) < 4.78 is 7.19. The van der Waals surface area contributed by atoms with Gasteiger partial charge in [0.2, 0.25) is 0 Å². The number of hydrogen-bond donors (Lipinski definition) is 0. The van der Waals surface area contributed by atoms with Crippen molar-refractivity contribution in [2.24, 2.45) is 0 Å². The van der Waals surface area contributed by atoms with Gasteiger partial charge >= 0.3 is 0 Å². The van der Waals surface area contributed by atoms with E-state index in [0.29, 0.717) is 12.3 Å². The molecule has 9 heteroatoms. The summed E-state index contributed by atoms with van der Waals surface area (Å²) in [6.07, 6.45) is 2.01. The van der Waals surface area contributed by atoms with Crippen molar-refractivity contribution in [1.29, 1.82) is 0 Å². The van der Waals surface area contributed by atoms with E-state index in [9.17, 15) is 4.79 Å². The molecule has 0 amide bonds. The van der Waals surface area contributed by atoms with E-state index in [0.717, 1.165) is 32.0 Å². The van der Waals surface area contributed by atoms with Gasteiger partial charge in [-0.1, -0.05) is 23.4 Å². The predicted octanol–water partition coefficient (Wildman–Crippen LogP) is 3.87. The van der Waals surface area contributed by atoms with Gasteiger partial charge < -0.3 is 4.74 Å². The minimum absolute atomic E-state index is 0.0311. The average Bonchev–Trinajstić information content (AvgIpc) is 3.41. The molecule has 0 aliphatic heterocycles. The van der Waals surface area contributed by atoms with Crippen molar-refractivity contribution in [3.05, 3.63) is 63.3 Å². The third-order valence-corrected chi connectivity index (χ3v) is 6.03. The lowest BCUT2D eigenvalue weighted by Crippen LogP contribution is -2.13. The molecule has 0 unspecified atom stereocenters. The van der Waals surface area contributed by atoms with Gasteiger partial charge in [-0.25, -0.2) is 14.6 Å². The van der Waals surface area contributed by atoms with E-state index >= 15 is 0 Å². The fraction of sp³-hybridized carbons (Fsp3) is 0.250. The summed E-state index contributed by atoms with van der Waals surface area (Å²) in [5, 5.41) is 11.9. The SMILES string of the molecule is Cc1nc(C)c(-c2csc(CC(=O)Cn3cc(COc4ccccc4)nn3)n2)s1. The summed E-state index contributed by atoms with van der Waals surface area (Å²) in [4.78, 5) is 22.5. The summed E-state index contributed by atoms with van der Waals surface area (Å²) in [6, 6.07) is 9.51. The summed E-state index contributed by atoms with van der Waals surface area (Å²) >= 11 is 3.12. The maximum atomic E-state index is 12.4. The van der Waals surface area contributed by atoms with Crippen LogP contribution in [0.4, 0.5) is 0 Å². The highest BCUT2D eigenvalue weighted by atomic mass is 32.1. The Morgan fingerprint density at radius 2 is 2.00 bits per heavy atom. The van der Waals surface area contributed by atoms with Crippen LogP contribution in [-0.2, 0) is 24.4 Å². The number of Topliss-reactive ketones (excluding diaryl/α,β-unsaturated/α-hetero) is 1. The maximum absolute atomic E-state index is 12.4.